The summed E-state index contributed by atoms with van der Waals surface area (Å²) in [4.78, 5) is 18.5. The second kappa shape index (κ2) is 3.82. The van der Waals surface area contributed by atoms with Gasteiger partial charge in [0.05, 0.1) is 18.6 Å². The quantitative estimate of drug-likeness (QED) is 0.732. The van der Waals surface area contributed by atoms with Gasteiger partial charge in [-0.05, 0) is 25.7 Å². The Kier molecular flexibility index (Phi) is 2.52. The van der Waals surface area contributed by atoms with Gasteiger partial charge in [0.2, 0.25) is 0 Å². The molecular formula is C10H14N2O2. The van der Waals surface area contributed by atoms with Crippen LogP contribution < -0.4 is 0 Å². The molecule has 0 radical (unpaired) electrons. The van der Waals surface area contributed by atoms with E-state index >= 15 is 0 Å². The molecule has 1 aliphatic carbocycles. The van der Waals surface area contributed by atoms with E-state index in [1.54, 1.807) is 6.33 Å². The fraction of sp³-hybridized carbons (Fsp3) is 0.600. The number of nitrogens with zero attached hydrogens (tertiary/aromatic N) is 1. The fourth-order valence-electron chi connectivity index (χ4n) is 1.94. The van der Waals surface area contributed by atoms with Gasteiger partial charge in [-0.25, -0.2) is 4.98 Å². The number of esters is 1. The zero-order valence-electron chi connectivity index (χ0n) is 8.25. The molecule has 0 saturated heterocycles. The minimum Gasteiger partial charge on any atom is -0.466 e. The van der Waals surface area contributed by atoms with Crippen LogP contribution in [0, 0.1) is 5.92 Å². The molecule has 1 aromatic rings. The molecule has 1 aliphatic rings. The zero-order valence-corrected chi connectivity index (χ0v) is 8.25. The molecule has 2 rings (SSSR count). The molecule has 14 heavy (non-hydrogen) atoms. The average Bonchev–Trinajstić information content (AvgIpc) is 2.63. The van der Waals surface area contributed by atoms with Gasteiger partial charge in [0.25, 0.3) is 0 Å². The Morgan fingerprint density at radius 1 is 1.71 bits per heavy atom. The van der Waals surface area contributed by atoms with Gasteiger partial charge in [-0.3, -0.25) is 4.79 Å². The van der Waals surface area contributed by atoms with Crippen LogP contribution in [-0.2, 0) is 22.4 Å². The topological polar surface area (TPSA) is 55.0 Å². The summed E-state index contributed by atoms with van der Waals surface area (Å²) in [6.45, 7) is 2.30. The van der Waals surface area contributed by atoms with Gasteiger partial charge in [-0.1, -0.05) is 0 Å². The van der Waals surface area contributed by atoms with Gasteiger partial charge >= 0.3 is 5.97 Å². The van der Waals surface area contributed by atoms with Crippen LogP contribution >= 0.6 is 0 Å². The molecule has 1 N–H and O–H groups in total. The lowest BCUT2D eigenvalue weighted by Crippen LogP contribution is -2.12. The smallest absolute Gasteiger partial charge is 0.306 e. The summed E-state index contributed by atoms with van der Waals surface area (Å²) in [6, 6.07) is 0. The lowest BCUT2D eigenvalue weighted by molar-refractivity contribution is -0.144. The average molecular weight is 194 g/mol. The molecule has 0 fully saturated rings. The van der Waals surface area contributed by atoms with Gasteiger partial charge in [-0.15, -0.1) is 0 Å². The number of H-pyrrole nitrogens is 1. The number of carbonyl (C=O) groups excluding carboxylic acids is 1. The molecule has 0 bridgehead atoms. The molecule has 1 unspecified atom stereocenters. The highest BCUT2D eigenvalue weighted by Crippen LogP contribution is 2.26. The Morgan fingerprint density at radius 3 is 3.29 bits per heavy atom. The third kappa shape index (κ3) is 1.78. The number of hydrogen-bond acceptors (Lipinski definition) is 3. The third-order valence-electron chi connectivity index (χ3n) is 2.54. The van der Waals surface area contributed by atoms with Crippen molar-refractivity contribution in [1.29, 1.82) is 0 Å². The van der Waals surface area contributed by atoms with E-state index in [2.05, 4.69) is 9.97 Å². The minimum atomic E-state index is -0.0948. The number of aromatic nitrogens is 2. The van der Waals surface area contributed by atoms with Crippen LogP contribution in [0.15, 0.2) is 6.33 Å². The van der Waals surface area contributed by atoms with Crippen molar-refractivity contribution in [2.24, 2.45) is 5.92 Å². The molecule has 1 atom stereocenters. The number of aromatic amines is 1. The van der Waals surface area contributed by atoms with E-state index < -0.39 is 0 Å². The number of hydrogen-bond donors (Lipinski definition) is 1. The lowest BCUT2D eigenvalue weighted by Gasteiger charge is -2.07. The molecule has 0 amide bonds. The number of nitrogens with one attached hydrogen (secondary N) is 1. The van der Waals surface area contributed by atoms with Crippen LogP contribution in [0.1, 0.15) is 24.7 Å². The highest BCUT2D eigenvalue weighted by atomic mass is 16.5. The fourth-order valence-corrected chi connectivity index (χ4v) is 1.94. The van der Waals surface area contributed by atoms with Crippen molar-refractivity contribution in [2.45, 2.75) is 26.2 Å². The number of imidazole rings is 1. The van der Waals surface area contributed by atoms with E-state index in [0.29, 0.717) is 18.9 Å². The van der Waals surface area contributed by atoms with E-state index in [1.807, 2.05) is 6.92 Å². The summed E-state index contributed by atoms with van der Waals surface area (Å²) < 4.78 is 4.91. The molecule has 0 aromatic carbocycles. The Hall–Kier alpha value is -1.32. The summed E-state index contributed by atoms with van der Waals surface area (Å²) in [6.07, 6.45) is 4.05. The molecule has 0 saturated carbocycles. The second-order valence-corrected chi connectivity index (χ2v) is 3.61. The van der Waals surface area contributed by atoms with Gasteiger partial charge in [-0.2, -0.15) is 0 Å². The normalized spacial score (nSPS) is 15.5. The van der Waals surface area contributed by atoms with Gasteiger partial charge in [0.1, 0.15) is 0 Å². The maximum Gasteiger partial charge on any atom is 0.306 e. The Bertz CT molecular complexity index is 312. The monoisotopic (exact) mass is 194 g/mol. The number of carbonyl (C=O) groups is 1. The van der Waals surface area contributed by atoms with Crippen LogP contribution in [0.5, 0.6) is 0 Å². The van der Waals surface area contributed by atoms with Crippen LogP contribution in [0.2, 0.25) is 0 Å². The highest BCUT2D eigenvalue weighted by Gasteiger charge is 2.25. The lowest BCUT2D eigenvalue weighted by atomic mass is 10.0. The highest BCUT2D eigenvalue weighted by molar-refractivity contribution is 5.69. The zero-order chi connectivity index (χ0) is 9.97. The largest absolute Gasteiger partial charge is 0.466 e. The van der Waals surface area contributed by atoms with Crippen LogP contribution in [0.25, 0.3) is 0 Å². The number of rotatable bonds is 3. The van der Waals surface area contributed by atoms with Crippen LogP contribution in [0.4, 0.5) is 0 Å². The SMILES string of the molecule is CCOC(=O)CC1Cc2nc[nH]c2C1. The second-order valence-electron chi connectivity index (χ2n) is 3.61. The van der Waals surface area contributed by atoms with Crippen LogP contribution in [-0.4, -0.2) is 22.5 Å². The molecule has 4 heteroatoms. The van der Waals surface area contributed by atoms with Crippen molar-refractivity contribution in [3.63, 3.8) is 0 Å². The van der Waals surface area contributed by atoms with Crippen molar-refractivity contribution < 1.29 is 9.53 Å². The minimum absolute atomic E-state index is 0.0948. The van der Waals surface area contributed by atoms with Gasteiger partial charge in [0.15, 0.2) is 0 Å². The summed E-state index contributed by atoms with van der Waals surface area (Å²) in [5.41, 5.74) is 2.29. The molecule has 76 valence electrons. The molecule has 1 aromatic heterocycles. The van der Waals surface area contributed by atoms with Gasteiger partial charge < -0.3 is 9.72 Å². The van der Waals surface area contributed by atoms with E-state index in [9.17, 15) is 4.79 Å². The molecule has 1 heterocycles. The number of fused-ring (bicyclic) bond motifs is 1. The Balaban J connectivity index is 1.87. The molecule has 0 aliphatic heterocycles. The van der Waals surface area contributed by atoms with Crippen molar-refractivity contribution in [3.8, 4) is 0 Å². The molecular weight excluding hydrogens is 180 g/mol. The Labute approximate surface area is 82.7 Å². The summed E-state index contributed by atoms with van der Waals surface area (Å²) in [7, 11) is 0. The predicted molar refractivity (Wildman–Crippen MR) is 50.7 cm³/mol. The first-order chi connectivity index (χ1) is 6.79. The van der Waals surface area contributed by atoms with E-state index in [1.165, 1.54) is 5.69 Å². The van der Waals surface area contributed by atoms with Crippen molar-refractivity contribution in [2.75, 3.05) is 6.61 Å². The number of ether oxygens (including phenoxy) is 1. The van der Waals surface area contributed by atoms with Crippen LogP contribution in [0.3, 0.4) is 0 Å². The van der Waals surface area contributed by atoms with E-state index in [0.717, 1.165) is 18.5 Å². The summed E-state index contributed by atoms with van der Waals surface area (Å²) >= 11 is 0. The first kappa shape index (κ1) is 9.24. The standard InChI is InChI=1S/C10H14N2O2/c1-2-14-10(13)5-7-3-8-9(4-7)12-6-11-8/h6-7H,2-5H2,1H3,(H,11,12). The van der Waals surface area contributed by atoms with Gasteiger partial charge in [0, 0.05) is 12.1 Å². The first-order valence-corrected chi connectivity index (χ1v) is 4.96. The summed E-state index contributed by atoms with van der Waals surface area (Å²) in [5.74, 6) is 0.284. The maximum absolute atomic E-state index is 11.2. The predicted octanol–water partition coefficient (Wildman–Crippen LogP) is 1.08. The molecule has 4 nitrogen and oxygen atoms in total. The van der Waals surface area contributed by atoms with Crippen molar-refractivity contribution >= 4 is 5.97 Å². The molecule has 0 spiro atoms. The first-order valence-electron chi connectivity index (χ1n) is 4.96. The van der Waals surface area contributed by atoms with E-state index in [-0.39, 0.29) is 5.97 Å². The van der Waals surface area contributed by atoms with Crippen molar-refractivity contribution in [3.05, 3.63) is 17.7 Å². The maximum atomic E-state index is 11.2. The van der Waals surface area contributed by atoms with E-state index in [4.69, 9.17) is 4.74 Å². The summed E-state index contributed by atoms with van der Waals surface area (Å²) in [5, 5.41) is 0. The third-order valence-corrected chi connectivity index (χ3v) is 2.54. The van der Waals surface area contributed by atoms with Crippen molar-refractivity contribution in [1.82, 2.24) is 9.97 Å². The Morgan fingerprint density at radius 2 is 2.57 bits per heavy atom.